The topological polar surface area (TPSA) is 86.1 Å². The highest BCUT2D eigenvalue weighted by Gasteiger charge is 2.50. The highest BCUT2D eigenvalue weighted by atomic mass is 19.1. The number of halogens is 1. The third-order valence-electron chi connectivity index (χ3n) is 5.49. The minimum Gasteiger partial charge on any atom is -0.506 e. The Kier molecular flexibility index (Phi) is 4.75. The molecule has 1 aromatic carbocycles. The van der Waals surface area contributed by atoms with Crippen LogP contribution in [-0.2, 0) is 0 Å². The van der Waals surface area contributed by atoms with E-state index < -0.39 is 17.7 Å². The molecule has 0 radical (unpaired) electrons. The number of aliphatic hydroxyl groups excluding tert-OH is 1. The van der Waals surface area contributed by atoms with Gasteiger partial charge in [0.15, 0.2) is 11.6 Å². The zero-order chi connectivity index (χ0) is 19.0. The van der Waals surface area contributed by atoms with Gasteiger partial charge >= 0.3 is 0 Å². The van der Waals surface area contributed by atoms with E-state index in [-0.39, 0.29) is 23.3 Å². The molecule has 2 aromatic rings. The summed E-state index contributed by atoms with van der Waals surface area (Å²) in [5, 5.41) is 30.4. The number of para-hydroxylation sites is 1. The van der Waals surface area contributed by atoms with Crippen molar-refractivity contribution < 1.29 is 24.4 Å². The molecule has 6 nitrogen and oxygen atoms in total. The number of fused-ring (bicyclic) bond motifs is 1. The Morgan fingerprint density at radius 3 is 2.52 bits per heavy atom. The van der Waals surface area contributed by atoms with Gasteiger partial charge in [-0.15, -0.1) is 0 Å². The molecule has 1 aromatic heterocycles. The Labute approximate surface area is 156 Å². The number of aromatic nitrogens is 1. The van der Waals surface area contributed by atoms with Crippen molar-refractivity contribution in [1.29, 1.82) is 0 Å². The zero-order valence-electron chi connectivity index (χ0n) is 14.8. The lowest BCUT2D eigenvalue weighted by Crippen LogP contribution is -2.36. The van der Waals surface area contributed by atoms with Gasteiger partial charge in [0.25, 0.3) is 0 Å². The van der Waals surface area contributed by atoms with Crippen LogP contribution in [0.2, 0.25) is 0 Å². The molecule has 1 saturated carbocycles. The van der Waals surface area contributed by atoms with E-state index in [0.717, 1.165) is 13.1 Å². The minimum atomic E-state index is -1.35. The van der Waals surface area contributed by atoms with Crippen molar-refractivity contribution in [3.63, 3.8) is 0 Å². The minimum absolute atomic E-state index is 0.0655. The van der Waals surface area contributed by atoms with Crippen molar-refractivity contribution in [3.8, 4) is 11.5 Å². The van der Waals surface area contributed by atoms with Crippen molar-refractivity contribution in [2.75, 3.05) is 19.6 Å². The molecule has 7 heteroatoms. The molecule has 4 atom stereocenters. The maximum absolute atomic E-state index is 13.8. The Morgan fingerprint density at radius 1 is 1.19 bits per heavy atom. The molecule has 2 heterocycles. The first-order valence-electron chi connectivity index (χ1n) is 9.13. The smallest absolute Gasteiger partial charge is 0.208 e. The zero-order valence-corrected chi connectivity index (χ0v) is 14.8. The molecule has 3 N–H and O–H groups in total. The van der Waals surface area contributed by atoms with Crippen LogP contribution >= 0.6 is 0 Å². The summed E-state index contributed by atoms with van der Waals surface area (Å²) in [5.41, 5.74) is 0.518. The van der Waals surface area contributed by atoms with Gasteiger partial charge in [-0.2, -0.15) is 0 Å². The number of pyridine rings is 1. The Morgan fingerprint density at radius 2 is 1.89 bits per heavy atom. The number of likely N-dealkylation sites (tertiary alicyclic amines) is 1. The molecular formula is C20H23FN2O4. The van der Waals surface area contributed by atoms with Crippen LogP contribution < -0.4 is 4.74 Å². The lowest BCUT2D eigenvalue weighted by atomic mass is 10.0. The van der Waals surface area contributed by atoms with Gasteiger partial charge in [0, 0.05) is 32.5 Å². The maximum Gasteiger partial charge on any atom is 0.208 e. The van der Waals surface area contributed by atoms with E-state index in [9.17, 15) is 19.7 Å². The van der Waals surface area contributed by atoms with Crippen LogP contribution in [0.15, 0.2) is 42.6 Å². The first-order chi connectivity index (χ1) is 12.9. The first-order valence-corrected chi connectivity index (χ1v) is 9.13. The highest BCUT2D eigenvalue weighted by molar-refractivity contribution is 5.24. The normalized spacial score (nSPS) is 28.9. The number of nitrogens with zero attached hydrogens (tertiary/aromatic N) is 2. The van der Waals surface area contributed by atoms with Crippen LogP contribution in [0.1, 0.15) is 24.6 Å². The molecule has 0 bridgehead atoms. The fraction of sp³-hybridized carbons (Fsp3) is 0.450. The van der Waals surface area contributed by atoms with Crippen LogP contribution in [-0.4, -0.2) is 50.6 Å². The van der Waals surface area contributed by atoms with Gasteiger partial charge in [-0.25, -0.2) is 4.39 Å². The van der Waals surface area contributed by atoms with Crippen LogP contribution in [0.3, 0.4) is 0 Å². The molecule has 0 unspecified atom stereocenters. The average Bonchev–Trinajstić information content (AvgIpc) is 3.11. The van der Waals surface area contributed by atoms with Crippen LogP contribution in [0.25, 0.3) is 0 Å². The van der Waals surface area contributed by atoms with Crippen molar-refractivity contribution in [2.45, 2.75) is 24.7 Å². The van der Waals surface area contributed by atoms with E-state index in [1.807, 2.05) is 0 Å². The standard InChI is InChI=1S/C20H23FN2O4/c21-16-3-1-2-4-19(16)27-20(26)7-13-10-23(11-14(13)8-20)12-18(25)17-6-5-15(24)9-22-17/h1-6,9,13-14,18,24-26H,7-8,10-12H2/t13-,14+,18-,20+/m1/s1. The number of hydrogen-bond donors (Lipinski definition) is 3. The highest BCUT2D eigenvalue weighted by Crippen LogP contribution is 2.45. The molecule has 0 amide bonds. The quantitative estimate of drug-likeness (QED) is 0.695. The molecule has 1 saturated heterocycles. The van der Waals surface area contributed by atoms with Gasteiger partial charge in [0.1, 0.15) is 11.9 Å². The summed E-state index contributed by atoms with van der Waals surface area (Å²) in [5.74, 6) is -1.21. The fourth-order valence-corrected chi connectivity index (χ4v) is 4.30. The number of aromatic hydroxyl groups is 1. The van der Waals surface area contributed by atoms with Gasteiger partial charge < -0.3 is 20.1 Å². The van der Waals surface area contributed by atoms with E-state index in [2.05, 4.69) is 9.88 Å². The summed E-state index contributed by atoms with van der Waals surface area (Å²) in [7, 11) is 0. The van der Waals surface area contributed by atoms with Crippen LogP contribution in [0.5, 0.6) is 11.5 Å². The first kappa shape index (κ1) is 18.2. The number of β-amino-alcohol motifs (C(OH)–C–C–N with tert-alkyl or cyclic N) is 1. The van der Waals surface area contributed by atoms with Crippen molar-refractivity contribution in [1.82, 2.24) is 9.88 Å². The predicted molar refractivity (Wildman–Crippen MR) is 95.5 cm³/mol. The summed E-state index contributed by atoms with van der Waals surface area (Å²) in [6.07, 6.45) is 1.46. The predicted octanol–water partition coefficient (Wildman–Crippen LogP) is 2.07. The number of ether oxygens (including phenoxy) is 1. The summed E-state index contributed by atoms with van der Waals surface area (Å²) >= 11 is 0. The van der Waals surface area contributed by atoms with Gasteiger partial charge in [0.2, 0.25) is 5.79 Å². The number of benzene rings is 1. The average molecular weight is 374 g/mol. The Balaban J connectivity index is 1.34. The molecule has 2 aliphatic rings. The molecular weight excluding hydrogens is 351 g/mol. The molecule has 27 heavy (non-hydrogen) atoms. The second-order valence-corrected chi connectivity index (χ2v) is 7.58. The number of hydrogen-bond acceptors (Lipinski definition) is 6. The molecule has 1 aliphatic heterocycles. The van der Waals surface area contributed by atoms with Crippen molar-refractivity contribution in [2.24, 2.45) is 11.8 Å². The second-order valence-electron chi connectivity index (χ2n) is 7.58. The summed E-state index contributed by atoms with van der Waals surface area (Å²) < 4.78 is 19.4. The van der Waals surface area contributed by atoms with E-state index in [1.54, 1.807) is 18.2 Å². The SMILES string of the molecule is Oc1ccc([C@H](O)CN2C[C@@H]3C[C@@](O)(Oc4ccccc4F)C[C@@H]3C2)nc1. The molecule has 144 valence electrons. The van der Waals surface area contributed by atoms with E-state index in [4.69, 9.17) is 4.74 Å². The third-order valence-corrected chi connectivity index (χ3v) is 5.49. The number of aliphatic hydroxyl groups is 2. The number of rotatable bonds is 5. The third kappa shape index (κ3) is 3.90. The monoisotopic (exact) mass is 374 g/mol. The van der Waals surface area contributed by atoms with Gasteiger partial charge in [0.05, 0.1) is 11.9 Å². The van der Waals surface area contributed by atoms with Crippen LogP contribution in [0.4, 0.5) is 4.39 Å². The van der Waals surface area contributed by atoms with E-state index in [0.29, 0.717) is 25.1 Å². The molecule has 4 rings (SSSR count). The van der Waals surface area contributed by atoms with Gasteiger partial charge in [-0.1, -0.05) is 12.1 Å². The lowest BCUT2D eigenvalue weighted by molar-refractivity contribution is -0.138. The van der Waals surface area contributed by atoms with E-state index >= 15 is 0 Å². The van der Waals surface area contributed by atoms with Crippen molar-refractivity contribution >= 4 is 0 Å². The Hall–Kier alpha value is -2.22. The molecule has 2 fully saturated rings. The maximum atomic E-state index is 13.8. The largest absolute Gasteiger partial charge is 0.506 e. The molecule has 0 spiro atoms. The Bertz CT molecular complexity index is 787. The van der Waals surface area contributed by atoms with Crippen molar-refractivity contribution in [3.05, 3.63) is 54.1 Å². The fourth-order valence-electron chi connectivity index (χ4n) is 4.30. The van der Waals surface area contributed by atoms with Gasteiger partial charge in [-0.05, 0) is 36.1 Å². The summed E-state index contributed by atoms with van der Waals surface area (Å²) in [4.78, 5) is 6.20. The summed E-state index contributed by atoms with van der Waals surface area (Å²) in [6.45, 7) is 1.92. The van der Waals surface area contributed by atoms with Gasteiger partial charge in [-0.3, -0.25) is 9.88 Å². The second kappa shape index (κ2) is 7.07. The summed E-state index contributed by atoms with van der Waals surface area (Å²) in [6, 6.07) is 9.21. The van der Waals surface area contributed by atoms with E-state index in [1.165, 1.54) is 24.4 Å². The molecule has 1 aliphatic carbocycles. The lowest BCUT2D eigenvalue weighted by Gasteiger charge is -2.27. The van der Waals surface area contributed by atoms with Crippen LogP contribution in [0, 0.1) is 17.7 Å².